The number of para-hydroxylation sites is 1. The van der Waals surface area contributed by atoms with E-state index in [-0.39, 0.29) is 31.1 Å². The highest BCUT2D eigenvalue weighted by molar-refractivity contribution is 7.91. The van der Waals surface area contributed by atoms with Crippen molar-refractivity contribution in [1.82, 2.24) is 19.9 Å². The standard InChI is InChI=1S/C32H39ClN4O7S/c1-3-43-27-17-26(22-10-8-11-25(33)28(22)34-27)44-20-15-23-24(16-20)30(39)37(2)14-7-5-4-6-9-19-18-32(19,35-29(23)38)31(40)36-45(41,42)21-12-13-21/h6,8-11,17,19-21,23-24H,3-5,7,12-16,18H2,1-2H3,(H,35,38)(H,36,40)/b9-6-/t19-,20-,23-,24-,32+/m1/s1. The molecule has 3 saturated carbocycles. The molecule has 13 heteroatoms. The Kier molecular flexibility index (Phi) is 8.73. The molecular formula is C32H39ClN4O7S. The molecular weight excluding hydrogens is 620 g/mol. The van der Waals surface area contributed by atoms with Gasteiger partial charge in [0.1, 0.15) is 17.4 Å². The largest absolute Gasteiger partial charge is 0.489 e. The minimum atomic E-state index is -3.81. The lowest BCUT2D eigenvalue weighted by Crippen LogP contribution is -2.54. The second kappa shape index (κ2) is 12.4. The Balaban J connectivity index is 1.29. The van der Waals surface area contributed by atoms with Crippen molar-refractivity contribution in [3.05, 3.63) is 41.4 Å². The molecule has 45 heavy (non-hydrogen) atoms. The number of ether oxygens (including phenoxy) is 2. The highest BCUT2D eigenvalue weighted by atomic mass is 35.5. The lowest BCUT2D eigenvalue weighted by molar-refractivity contribution is -0.140. The number of fused-ring (bicyclic) bond motifs is 3. The van der Waals surface area contributed by atoms with Crippen LogP contribution in [0.2, 0.25) is 5.02 Å². The number of carbonyl (C=O) groups is 3. The number of pyridine rings is 1. The topological polar surface area (TPSA) is 144 Å². The Hall–Kier alpha value is -3.38. The highest BCUT2D eigenvalue weighted by Gasteiger charge is 2.62. The van der Waals surface area contributed by atoms with Gasteiger partial charge in [-0.3, -0.25) is 19.1 Å². The van der Waals surface area contributed by atoms with E-state index in [9.17, 15) is 22.8 Å². The zero-order chi connectivity index (χ0) is 31.9. The van der Waals surface area contributed by atoms with E-state index in [1.54, 1.807) is 30.1 Å². The third-order valence-corrected chi connectivity index (χ3v) is 11.4. The second-order valence-electron chi connectivity index (χ2n) is 12.6. The maximum absolute atomic E-state index is 14.0. The van der Waals surface area contributed by atoms with E-state index in [0.29, 0.717) is 53.5 Å². The number of allylic oxidation sites excluding steroid dienone is 1. The Labute approximate surface area is 268 Å². The summed E-state index contributed by atoms with van der Waals surface area (Å²) in [4.78, 5) is 47.5. The van der Waals surface area contributed by atoms with Crippen molar-refractivity contribution in [1.29, 1.82) is 0 Å². The summed E-state index contributed by atoms with van der Waals surface area (Å²) in [6.45, 7) is 2.80. The molecule has 3 amide bonds. The lowest BCUT2D eigenvalue weighted by atomic mass is 9.93. The van der Waals surface area contributed by atoms with Crippen LogP contribution >= 0.6 is 11.6 Å². The van der Waals surface area contributed by atoms with Gasteiger partial charge in [-0.1, -0.05) is 29.8 Å². The number of nitrogens with zero attached hydrogens (tertiary/aromatic N) is 2. The normalized spacial score (nSPS) is 29.6. The Bertz CT molecular complexity index is 1650. The third kappa shape index (κ3) is 6.49. The van der Waals surface area contributed by atoms with Gasteiger partial charge in [0.25, 0.3) is 5.91 Å². The number of halogens is 1. The van der Waals surface area contributed by atoms with E-state index in [1.807, 2.05) is 25.1 Å². The van der Waals surface area contributed by atoms with Crippen LogP contribution < -0.4 is 19.5 Å². The number of sulfonamides is 1. The Morgan fingerprint density at radius 3 is 2.73 bits per heavy atom. The average Bonchev–Trinajstić information content (AvgIpc) is 3.92. The van der Waals surface area contributed by atoms with Crippen LogP contribution in [0, 0.1) is 17.8 Å². The molecule has 1 aliphatic heterocycles. The summed E-state index contributed by atoms with van der Waals surface area (Å²) in [6, 6.07) is 7.06. The van der Waals surface area contributed by atoms with Gasteiger partial charge in [-0.25, -0.2) is 13.4 Å². The van der Waals surface area contributed by atoms with Crippen molar-refractivity contribution < 1.29 is 32.3 Å². The van der Waals surface area contributed by atoms with Crippen LogP contribution in [0.5, 0.6) is 11.6 Å². The summed E-state index contributed by atoms with van der Waals surface area (Å²) in [5.74, 6) is -2.32. The van der Waals surface area contributed by atoms with Gasteiger partial charge in [0.15, 0.2) is 0 Å². The molecule has 0 bridgehead atoms. The van der Waals surface area contributed by atoms with Gasteiger partial charge in [-0.15, -0.1) is 0 Å². The first-order valence-electron chi connectivity index (χ1n) is 15.7. The van der Waals surface area contributed by atoms with Crippen LogP contribution in [0.1, 0.15) is 58.3 Å². The van der Waals surface area contributed by atoms with Gasteiger partial charge < -0.3 is 19.7 Å². The van der Waals surface area contributed by atoms with Gasteiger partial charge in [-0.05, 0) is 70.4 Å². The summed E-state index contributed by atoms with van der Waals surface area (Å²) in [7, 11) is -2.07. The number of nitrogens with one attached hydrogen (secondary N) is 2. The number of rotatable bonds is 7. The average molecular weight is 659 g/mol. The van der Waals surface area contributed by atoms with Crippen molar-refractivity contribution in [2.75, 3.05) is 20.2 Å². The van der Waals surface area contributed by atoms with Crippen LogP contribution in [-0.4, -0.2) is 73.1 Å². The molecule has 242 valence electrons. The van der Waals surface area contributed by atoms with Crippen LogP contribution in [0.4, 0.5) is 0 Å². The monoisotopic (exact) mass is 658 g/mol. The molecule has 1 aromatic heterocycles. The Morgan fingerprint density at radius 2 is 1.98 bits per heavy atom. The van der Waals surface area contributed by atoms with Gasteiger partial charge in [0.05, 0.1) is 34.2 Å². The molecule has 11 nitrogen and oxygen atoms in total. The van der Waals surface area contributed by atoms with Crippen molar-refractivity contribution >= 4 is 50.2 Å². The fraction of sp³-hybridized carbons (Fsp3) is 0.562. The number of amides is 3. The minimum Gasteiger partial charge on any atom is -0.489 e. The SMILES string of the molecule is CCOc1cc(O[C@@H]2C[C@H]3C(=O)N[C@@]4(C(=O)NS(=O)(=O)C5CC5)C[C@H]4/C=C\CCCCN(C)C(=O)[C@@H]3C2)c2cccc(Cl)c2n1. The molecule has 2 N–H and O–H groups in total. The first kappa shape index (κ1) is 31.6. The highest BCUT2D eigenvalue weighted by Crippen LogP contribution is 2.47. The van der Waals surface area contributed by atoms with E-state index in [1.165, 1.54) is 0 Å². The molecule has 2 heterocycles. The predicted molar refractivity (Wildman–Crippen MR) is 168 cm³/mol. The second-order valence-corrected chi connectivity index (χ2v) is 15.0. The van der Waals surface area contributed by atoms with Gasteiger partial charge >= 0.3 is 0 Å². The summed E-state index contributed by atoms with van der Waals surface area (Å²) >= 11 is 6.45. The first-order chi connectivity index (χ1) is 21.5. The van der Waals surface area contributed by atoms with Gasteiger partial charge in [0, 0.05) is 31.0 Å². The summed E-state index contributed by atoms with van der Waals surface area (Å²) in [5.41, 5.74) is -0.866. The lowest BCUT2D eigenvalue weighted by Gasteiger charge is -2.26. The zero-order valence-corrected chi connectivity index (χ0v) is 27.0. The van der Waals surface area contributed by atoms with Gasteiger partial charge in [-0.2, -0.15) is 0 Å². The summed E-state index contributed by atoms with van der Waals surface area (Å²) < 4.78 is 39.7. The fourth-order valence-electron chi connectivity index (χ4n) is 6.55. The van der Waals surface area contributed by atoms with E-state index in [4.69, 9.17) is 21.1 Å². The minimum absolute atomic E-state index is 0.159. The zero-order valence-electron chi connectivity index (χ0n) is 25.5. The molecule has 3 aliphatic carbocycles. The smallest absolute Gasteiger partial charge is 0.259 e. The third-order valence-electron chi connectivity index (χ3n) is 9.31. The first-order valence-corrected chi connectivity index (χ1v) is 17.6. The maximum Gasteiger partial charge on any atom is 0.259 e. The summed E-state index contributed by atoms with van der Waals surface area (Å²) in [6.07, 6.45) is 7.57. The van der Waals surface area contributed by atoms with Crippen molar-refractivity contribution in [2.45, 2.75) is 75.2 Å². The van der Waals surface area contributed by atoms with Crippen molar-refractivity contribution in [3.8, 4) is 11.6 Å². The molecule has 6 rings (SSSR count). The predicted octanol–water partition coefficient (Wildman–Crippen LogP) is 3.74. The molecule has 5 atom stereocenters. The molecule has 0 spiro atoms. The number of benzene rings is 1. The Morgan fingerprint density at radius 1 is 1.20 bits per heavy atom. The van der Waals surface area contributed by atoms with Gasteiger partial charge in [0.2, 0.25) is 27.7 Å². The molecule has 0 saturated heterocycles. The van der Waals surface area contributed by atoms with Crippen molar-refractivity contribution in [3.63, 3.8) is 0 Å². The van der Waals surface area contributed by atoms with E-state index in [0.717, 1.165) is 19.3 Å². The van der Waals surface area contributed by atoms with Crippen LogP contribution in [0.25, 0.3) is 10.9 Å². The molecule has 0 radical (unpaired) electrons. The number of hydrogen-bond acceptors (Lipinski definition) is 8. The molecule has 1 aromatic carbocycles. The van der Waals surface area contributed by atoms with Crippen LogP contribution in [0.15, 0.2) is 36.4 Å². The number of carbonyl (C=O) groups excluding carboxylic acids is 3. The number of hydrogen-bond donors (Lipinski definition) is 2. The molecule has 2 aromatic rings. The summed E-state index contributed by atoms with van der Waals surface area (Å²) in [5, 5.41) is 3.46. The van der Waals surface area contributed by atoms with E-state index in [2.05, 4.69) is 15.0 Å². The number of aromatic nitrogens is 1. The molecule has 0 unspecified atom stereocenters. The maximum atomic E-state index is 14.0. The fourth-order valence-corrected chi connectivity index (χ4v) is 8.13. The quantitative estimate of drug-likeness (QED) is 0.428. The van der Waals surface area contributed by atoms with E-state index < -0.39 is 50.6 Å². The molecule has 4 aliphatic rings. The van der Waals surface area contributed by atoms with Crippen LogP contribution in [-0.2, 0) is 24.4 Å². The van der Waals surface area contributed by atoms with Crippen molar-refractivity contribution in [2.24, 2.45) is 17.8 Å². The van der Waals surface area contributed by atoms with E-state index >= 15 is 0 Å². The van der Waals surface area contributed by atoms with Crippen LogP contribution in [0.3, 0.4) is 0 Å². The molecule has 3 fully saturated rings.